The summed E-state index contributed by atoms with van der Waals surface area (Å²) in [5.41, 5.74) is 0.520. The molecule has 0 saturated carbocycles. The number of anilines is 1. The van der Waals surface area contributed by atoms with Crippen LogP contribution in [0, 0.1) is 0 Å². The largest absolute Gasteiger partial charge is 0.306 e. The van der Waals surface area contributed by atoms with E-state index in [1.54, 1.807) is 30.3 Å². The molecule has 0 bridgehead atoms. The molecule has 3 nitrogen and oxygen atoms in total. The fraction of sp³-hybridized carbons (Fsp3) is 0. The van der Waals surface area contributed by atoms with Gasteiger partial charge in [-0.3, -0.25) is 4.79 Å². The van der Waals surface area contributed by atoms with Crippen LogP contribution in [0.4, 0.5) is 5.82 Å². The van der Waals surface area contributed by atoms with E-state index in [-0.39, 0.29) is 5.91 Å². The van der Waals surface area contributed by atoms with Gasteiger partial charge in [0.05, 0.1) is 5.56 Å². The summed E-state index contributed by atoms with van der Waals surface area (Å²) in [4.78, 5) is 16.1. The zero-order valence-corrected chi connectivity index (χ0v) is 12.9. The highest BCUT2D eigenvalue weighted by Gasteiger charge is 2.11. The topological polar surface area (TPSA) is 42.0 Å². The smallest absolute Gasteiger partial charge is 0.258 e. The average Bonchev–Trinajstić information content (AvgIpc) is 2.32. The van der Waals surface area contributed by atoms with Gasteiger partial charge >= 0.3 is 0 Å². The number of nitrogens with zero attached hydrogens (tertiary/aromatic N) is 1. The van der Waals surface area contributed by atoms with Gasteiger partial charge < -0.3 is 5.32 Å². The minimum absolute atomic E-state index is 0.252. The summed E-state index contributed by atoms with van der Waals surface area (Å²) >= 11 is 12.4. The van der Waals surface area contributed by atoms with Crippen LogP contribution in [0.5, 0.6) is 0 Å². The zero-order chi connectivity index (χ0) is 13.1. The number of carbonyl (C=O) groups excluding carboxylic acids is 1. The molecule has 1 aromatic heterocycles. The Hall–Kier alpha value is -0.910. The molecule has 1 amide bonds. The Labute approximate surface area is 126 Å². The third-order valence-electron chi connectivity index (χ3n) is 2.13. The van der Waals surface area contributed by atoms with E-state index in [2.05, 4.69) is 42.2 Å². The number of rotatable bonds is 2. The van der Waals surface area contributed by atoms with Gasteiger partial charge in [-0.15, -0.1) is 0 Å². The summed E-state index contributed by atoms with van der Waals surface area (Å²) in [5, 5.41) is 3.02. The van der Waals surface area contributed by atoms with Crippen molar-refractivity contribution in [1.82, 2.24) is 4.98 Å². The van der Waals surface area contributed by atoms with E-state index < -0.39 is 0 Å². The second-order valence-corrected chi connectivity index (χ2v) is 5.58. The number of pyridine rings is 1. The van der Waals surface area contributed by atoms with Crippen molar-refractivity contribution in [3.8, 4) is 0 Å². The maximum atomic E-state index is 12.1. The SMILES string of the molecule is O=C(Nc1cccc(Cl)n1)c1cc(Br)ccc1Br. The van der Waals surface area contributed by atoms with E-state index in [0.717, 1.165) is 4.47 Å². The van der Waals surface area contributed by atoms with Crippen LogP contribution in [0.2, 0.25) is 5.15 Å². The lowest BCUT2D eigenvalue weighted by Gasteiger charge is -2.06. The Morgan fingerprint density at radius 3 is 2.72 bits per heavy atom. The van der Waals surface area contributed by atoms with Crippen LogP contribution >= 0.6 is 43.5 Å². The molecule has 1 heterocycles. The number of hydrogen-bond donors (Lipinski definition) is 1. The molecular formula is C12H7Br2ClN2O. The zero-order valence-electron chi connectivity index (χ0n) is 8.95. The van der Waals surface area contributed by atoms with Crippen molar-refractivity contribution in [2.24, 2.45) is 0 Å². The van der Waals surface area contributed by atoms with Crippen molar-refractivity contribution in [3.63, 3.8) is 0 Å². The number of benzene rings is 1. The van der Waals surface area contributed by atoms with Crippen molar-refractivity contribution in [1.29, 1.82) is 0 Å². The van der Waals surface area contributed by atoms with Crippen molar-refractivity contribution in [3.05, 3.63) is 56.1 Å². The summed E-state index contributed by atoms with van der Waals surface area (Å²) in [6.45, 7) is 0. The molecule has 92 valence electrons. The minimum atomic E-state index is -0.252. The van der Waals surface area contributed by atoms with E-state index >= 15 is 0 Å². The van der Waals surface area contributed by atoms with Crippen molar-refractivity contribution < 1.29 is 4.79 Å². The Balaban J connectivity index is 2.24. The lowest BCUT2D eigenvalue weighted by atomic mass is 10.2. The van der Waals surface area contributed by atoms with E-state index in [1.165, 1.54) is 0 Å². The fourth-order valence-corrected chi connectivity index (χ4v) is 2.28. The molecule has 0 saturated heterocycles. The predicted octanol–water partition coefficient (Wildman–Crippen LogP) is 4.51. The highest BCUT2D eigenvalue weighted by atomic mass is 79.9. The van der Waals surface area contributed by atoms with E-state index in [9.17, 15) is 4.79 Å². The van der Waals surface area contributed by atoms with Crippen molar-refractivity contribution in [2.75, 3.05) is 5.32 Å². The van der Waals surface area contributed by atoms with Gasteiger partial charge in [0.25, 0.3) is 5.91 Å². The highest BCUT2D eigenvalue weighted by Crippen LogP contribution is 2.22. The van der Waals surface area contributed by atoms with Gasteiger partial charge in [-0.2, -0.15) is 0 Å². The number of nitrogens with one attached hydrogen (secondary N) is 1. The van der Waals surface area contributed by atoms with Gasteiger partial charge in [-0.05, 0) is 46.3 Å². The van der Waals surface area contributed by atoms with Gasteiger partial charge in [0.2, 0.25) is 0 Å². The number of amides is 1. The number of halogens is 3. The normalized spacial score (nSPS) is 10.2. The van der Waals surface area contributed by atoms with E-state index in [4.69, 9.17) is 11.6 Å². The minimum Gasteiger partial charge on any atom is -0.306 e. The van der Waals surface area contributed by atoms with Crippen LogP contribution in [-0.2, 0) is 0 Å². The van der Waals surface area contributed by atoms with Crippen LogP contribution in [0.15, 0.2) is 45.3 Å². The average molecular weight is 390 g/mol. The predicted molar refractivity (Wildman–Crippen MR) is 79.0 cm³/mol. The second-order valence-electron chi connectivity index (χ2n) is 3.42. The molecule has 0 unspecified atom stereocenters. The molecule has 0 aliphatic carbocycles. The second kappa shape index (κ2) is 5.82. The van der Waals surface area contributed by atoms with E-state index in [1.807, 2.05) is 6.07 Å². The quantitative estimate of drug-likeness (QED) is 0.767. The molecule has 0 aliphatic heterocycles. The monoisotopic (exact) mass is 388 g/mol. The Kier molecular flexibility index (Phi) is 4.37. The molecule has 1 aromatic carbocycles. The van der Waals surface area contributed by atoms with Crippen LogP contribution in [-0.4, -0.2) is 10.9 Å². The maximum absolute atomic E-state index is 12.1. The van der Waals surface area contributed by atoms with Crippen LogP contribution in [0.1, 0.15) is 10.4 Å². The first-order valence-corrected chi connectivity index (χ1v) is 6.91. The third-order valence-corrected chi connectivity index (χ3v) is 3.52. The first-order chi connectivity index (χ1) is 8.56. The Morgan fingerprint density at radius 2 is 2.00 bits per heavy atom. The first-order valence-electron chi connectivity index (χ1n) is 4.95. The molecule has 0 spiro atoms. The van der Waals surface area contributed by atoms with Gasteiger partial charge in [-0.25, -0.2) is 4.98 Å². The van der Waals surface area contributed by atoms with Gasteiger partial charge in [0.15, 0.2) is 0 Å². The summed E-state index contributed by atoms with van der Waals surface area (Å²) in [6.07, 6.45) is 0. The molecular weight excluding hydrogens is 383 g/mol. The molecule has 18 heavy (non-hydrogen) atoms. The number of carbonyl (C=O) groups is 1. The van der Waals surface area contributed by atoms with E-state index in [0.29, 0.717) is 21.0 Å². The highest BCUT2D eigenvalue weighted by molar-refractivity contribution is 9.11. The molecule has 0 fully saturated rings. The number of hydrogen-bond acceptors (Lipinski definition) is 2. The maximum Gasteiger partial charge on any atom is 0.258 e. The van der Waals surface area contributed by atoms with Gasteiger partial charge in [0, 0.05) is 8.95 Å². The van der Waals surface area contributed by atoms with Crippen LogP contribution in [0.3, 0.4) is 0 Å². The molecule has 1 N–H and O–H groups in total. The summed E-state index contributed by atoms with van der Waals surface area (Å²) in [5.74, 6) is 0.164. The van der Waals surface area contributed by atoms with Crippen LogP contribution < -0.4 is 5.32 Å². The summed E-state index contributed by atoms with van der Waals surface area (Å²) < 4.78 is 1.54. The summed E-state index contributed by atoms with van der Waals surface area (Å²) in [6, 6.07) is 10.4. The van der Waals surface area contributed by atoms with Crippen molar-refractivity contribution >= 4 is 55.2 Å². The molecule has 0 aliphatic rings. The van der Waals surface area contributed by atoms with Gasteiger partial charge in [0.1, 0.15) is 11.0 Å². The molecule has 0 radical (unpaired) electrons. The molecule has 6 heteroatoms. The molecule has 2 rings (SSSR count). The van der Waals surface area contributed by atoms with Crippen molar-refractivity contribution in [2.45, 2.75) is 0 Å². The Morgan fingerprint density at radius 1 is 1.22 bits per heavy atom. The molecule has 0 atom stereocenters. The lowest BCUT2D eigenvalue weighted by Crippen LogP contribution is -2.13. The Bertz CT molecular complexity index is 604. The fourth-order valence-electron chi connectivity index (χ4n) is 1.33. The van der Waals surface area contributed by atoms with Gasteiger partial charge in [-0.1, -0.05) is 33.6 Å². The van der Waals surface area contributed by atoms with Crippen LogP contribution in [0.25, 0.3) is 0 Å². The molecule has 2 aromatic rings. The lowest BCUT2D eigenvalue weighted by molar-refractivity contribution is 0.102. The third kappa shape index (κ3) is 3.31. The first kappa shape index (κ1) is 13.5. The number of aromatic nitrogens is 1. The summed E-state index contributed by atoms with van der Waals surface area (Å²) in [7, 11) is 0. The standard InChI is InChI=1S/C12H7Br2ClN2O/c13-7-4-5-9(14)8(6-7)12(18)17-11-3-1-2-10(15)16-11/h1-6H,(H,16,17,18).